The van der Waals surface area contributed by atoms with Crippen molar-refractivity contribution in [3.63, 3.8) is 0 Å². The predicted molar refractivity (Wildman–Crippen MR) is 128 cm³/mol. The lowest BCUT2D eigenvalue weighted by molar-refractivity contribution is -0.307. The van der Waals surface area contributed by atoms with E-state index in [0.717, 1.165) is 38.6 Å². The van der Waals surface area contributed by atoms with Gasteiger partial charge in [0.2, 0.25) is 0 Å². The van der Waals surface area contributed by atoms with Crippen molar-refractivity contribution in [3.05, 3.63) is 89.5 Å². The van der Waals surface area contributed by atoms with Gasteiger partial charge in [0.05, 0.1) is 16.4 Å². The summed E-state index contributed by atoms with van der Waals surface area (Å²) in [6.45, 7) is 7.34. The third kappa shape index (κ3) is 7.21. The number of carboxylic acid groups (broad SMARTS) is 1. The molecule has 0 unspecified atom stereocenters. The SMILES string of the molecule is C=CCOc1cc(COc2ccc(C(F)(F)F)cc2)ccc1Sc1ccc(OCC(=O)[O-])c(C)c1C. The zero-order valence-electron chi connectivity index (χ0n) is 19.7. The number of ether oxygens (including phenoxy) is 3. The third-order valence-electron chi connectivity index (χ3n) is 5.21. The lowest BCUT2D eigenvalue weighted by atomic mass is 10.1. The summed E-state index contributed by atoms with van der Waals surface area (Å²) in [4.78, 5) is 12.5. The lowest BCUT2D eigenvalue weighted by Gasteiger charge is -2.16. The topological polar surface area (TPSA) is 67.8 Å². The minimum absolute atomic E-state index is 0.142. The highest BCUT2D eigenvalue weighted by Crippen LogP contribution is 2.40. The standard InChI is InChI=1S/C27H25F3O5S/c1-4-13-33-23-14-19(15-34-21-8-6-20(7-9-21)27(28,29)30)5-11-25(23)36-24-12-10-22(17(2)18(24)3)35-16-26(31)32/h4-12,14H,1,13,15-16H2,2-3H3,(H,31,32)/p-1. The fourth-order valence-electron chi connectivity index (χ4n) is 3.19. The first kappa shape index (κ1) is 27.0. The molecular weight excluding hydrogens is 493 g/mol. The van der Waals surface area contributed by atoms with E-state index >= 15 is 0 Å². The molecule has 0 atom stereocenters. The van der Waals surface area contributed by atoms with Crippen molar-refractivity contribution < 1.29 is 37.3 Å². The van der Waals surface area contributed by atoms with Crippen molar-refractivity contribution in [2.24, 2.45) is 0 Å². The van der Waals surface area contributed by atoms with Gasteiger partial charge in [-0.25, -0.2) is 0 Å². The first-order valence-electron chi connectivity index (χ1n) is 10.9. The maximum atomic E-state index is 12.7. The van der Waals surface area contributed by atoms with Gasteiger partial charge in [-0.15, -0.1) is 0 Å². The number of aliphatic carboxylic acids is 1. The smallest absolute Gasteiger partial charge is 0.416 e. The highest BCUT2D eigenvalue weighted by Gasteiger charge is 2.30. The summed E-state index contributed by atoms with van der Waals surface area (Å²) in [5, 5.41) is 10.7. The second-order valence-corrected chi connectivity index (χ2v) is 8.85. The van der Waals surface area contributed by atoms with Gasteiger partial charge < -0.3 is 24.1 Å². The van der Waals surface area contributed by atoms with Crippen molar-refractivity contribution >= 4 is 17.7 Å². The molecule has 0 radical (unpaired) electrons. The molecule has 190 valence electrons. The van der Waals surface area contributed by atoms with Crippen molar-refractivity contribution in [2.75, 3.05) is 13.2 Å². The van der Waals surface area contributed by atoms with Crippen molar-refractivity contribution in [2.45, 2.75) is 36.4 Å². The summed E-state index contributed by atoms with van der Waals surface area (Å²) in [5.41, 5.74) is 1.79. The Hall–Kier alpha value is -3.59. The van der Waals surface area contributed by atoms with E-state index < -0.39 is 24.3 Å². The molecule has 5 nitrogen and oxygen atoms in total. The number of carboxylic acids is 1. The maximum Gasteiger partial charge on any atom is 0.416 e. The minimum Gasteiger partial charge on any atom is -0.546 e. The van der Waals surface area contributed by atoms with Gasteiger partial charge in [-0.3, -0.25) is 0 Å². The molecule has 3 aromatic carbocycles. The molecule has 3 rings (SSSR count). The first-order chi connectivity index (χ1) is 17.1. The first-order valence-corrected chi connectivity index (χ1v) is 11.7. The van der Waals surface area contributed by atoms with Crippen molar-refractivity contribution in [3.8, 4) is 17.2 Å². The molecule has 0 fully saturated rings. The van der Waals surface area contributed by atoms with Gasteiger partial charge in [0, 0.05) is 4.90 Å². The largest absolute Gasteiger partial charge is 0.546 e. The number of halogens is 3. The monoisotopic (exact) mass is 517 g/mol. The fourth-order valence-corrected chi connectivity index (χ4v) is 4.22. The average Bonchev–Trinajstić information content (AvgIpc) is 2.84. The maximum absolute atomic E-state index is 12.7. The van der Waals surface area contributed by atoms with Crippen molar-refractivity contribution in [1.82, 2.24) is 0 Å². The van der Waals surface area contributed by atoms with E-state index in [4.69, 9.17) is 14.2 Å². The van der Waals surface area contributed by atoms with Crippen LogP contribution in [-0.2, 0) is 17.6 Å². The second kappa shape index (κ2) is 11.9. The second-order valence-electron chi connectivity index (χ2n) is 7.77. The van der Waals surface area contributed by atoms with E-state index in [9.17, 15) is 23.1 Å². The molecule has 0 N–H and O–H groups in total. The molecule has 0 aliphatic rings. The minimum atomic E-state index is -4.40. The zero-order chi connectivity index (χ0) is 26.3. The predicted octanol–water partition coefficient (Wildman–Crippen LogP) is 5.75. The van der Waals surface area contributed by atoms with E-state index in [-0.39, 0.29) is 13.2 Å². The van der Waals surface area contributed by atoms with Crippen LogP contribution in [0.25, 0.3) is 0 Å². The quantitative estimate of drug-likeness (QED) is 0.302. The Morgan fingerprint density at radius 1 is 0.944 bits per heavy atom. The van der Waals surface area contributed by atoms with Crippen LogP contribution in [0.5, 0.6) is 17.2 Å². The molecule has 0 bridgehead atoms. The van der Waals surface area contributed by atoms with Gasteiger partial charge in [0.1, 0.15) is 37.1 Å². The highest BCUT2D eigenvalue weighted by atomic mass is 32.2. The summed E-state index contributed by atoms with van der Waals surface area (Å²) in [7, 11) is 0. The molecular formula is C27H24F3O5S-. The molecule has 0 aliphatic heterocycles. The van der Waals surface area contributed by atoms with Crippen molar-refractivity contribution in [1.29, 1.82) is 0 Å². The van der Waals surface area contributed by atoms with Crippen LogP contribution in [0.2, 0.25) is 0 Å². The van der Waals surface area contributed by atoms with Gasteiger partial charge in [-0.2, -0.15) is 13.2 Å². The van der Waals surface area contributed by atoms with E-state index in [1.165, 1.54) is 23.9 Å². The van der Waals surface area contributed by atoms with E-state index in [1.54, 1.807) is 12.1 Å². The molecule has 0 aromatic heterocycles. The number of carbonyl (C=O) groups excluding carboxylic acids is 1. The summed E-state index contributed by atoms with van der Waals surface area (Å²) >= 11 is 1.47. The third-order valence-corrected chi connectivity index (χ3v) is 6.42. The molecule has 0 amide bonds. The molecule has 36 heavy (non-hydrogen) atoms. The van der Waals surface area contributed by atoms with Gasteiger partial charge in [0.15, 0.2) is 0 Å². The van der Waals surface area contributed by atoms with Crippen LogP contribution in [0.1, 0.15) is 22.3 Å². The molecule has 0 aliphatic carbocycles. The Kier molecular flexibility index (Phi) is 8.93. The number of hydrogen-bond donors (Lipinski definition) is 0. The Balaban J connectivity index is 1.76. The number of hydrogen-bond acceptors (Lipinski definition) is 6. The number of carbonyl (C=O) groups is 1. The highest BCUT2D eigenvalue weighted by molar-refractivity contribution is 7.99. The molecule has 9 heteroatoms. The van der Waals surface area contributed by atoms with Crippen LogP contribution in [0.4, 0.5) is 13.2 Å². The van der Waals surface area contributed by atoms with Crippen LogP contribution < -0.4 is 19.3 Å². The zero-order valence-corrected chi connectivity index (χ0v) is 20.5. The Bertz CT molecular complexity index is 1220. The Labute approximate surface area is 211 Å². The summed E-state index contributed by atoms with van der Waals surface area (Å²) in [5.74, 6) is 0.0988. The molecule has 3 aromatic rings. The van der Waals surface area contributed by atoms with Crippen LogP contribution in [0.3, 0.4) is 0 Å². The van der Waals surface area contributed by atoms with Crippen LogP contribution in [-0.4, -0.2) is 19.2 Å². The number of rotatable bonds is 11. The van der Waals surface area contributed by atoms with Crippen LogP contribution in [0.15, 0.2) is 77.0 Å². The van der Waals surface area contributed by atoms with Gasteiger partial charge in [0.25, 0.3) is 0 Å². The van der Waals surface area contributed by atoms with E-state index in [1.807, 2.05) is 38.1 Å². The summed E-state index contributed by atoms with van der Waals surface area (Å²) in [6.07, 6.45) is -2.78. The fraction of sp³-hybridized carbons (Fsp3) is 0.222. The van der Waals surface area contributed by atoms with Gasteiger partial charge in [-0.1, -0.05) is 30.5 Å². The van der Waals surface area contributed by atoms with Crippen LogP contribution in [0, 0.1) is 13.8 Å². The summed E-state index contributed by atoms with van der Waals surface area (Å²) < 4.78 is 55.0. The summed E-state index contributed by atoms with van der Waals surface area (Å²) in [6, 6.07) is 13.6. The lowest BCUT2D eigenvalue weighted by Crippen LogP contribution is -2.29. The normalized spacial score (nSPS) is 11.1. The molecule has 0 saturated carbocycles. The molecule has 0 spiro atoms. The average molecular weight is 518 g/mol. The van der Waals surface area contributed by atoms with Crippen LogP contribution >= 0.6 is 11.8 Å². The van der Waals surface area contributed by atoms with Gasteiger partial charge >= 0.3 is 6.18 Å². The van der Waals surface area contributed by atoms with E-state index in [2.05, 4.69) is 6.58 Å². The number of benzene rings is 3. The Morgan fingerprint density at radius 3 is 2.28 bits per heavy atom. The Morgan fingerprint density at radius 2 is 1.64 bits per heavy atom. The van der Waals surface area contributed by atoms with E-state index in [0.29, 0.717) is 17.2 Å². The number of alkyl halides is 3. The molecule has 0 saturated heterocycles. The van der Waals surface area contributed by atoms with Gasteiger partial charge in [-0.05, 0) is 79.1 Å². The molecule has 0 heterocycles.